The molecule has 0 unspecified atom stereocenters. The number of hydrogen-bond donors (Lipinski definition) is 1. The number of aliphatic hydroxyl groups excluding tert-OH is 1. The number of carbonyl (C=O) groups is 1. The first kappa shape index (κ1) is 15.8. The second-order valence-corrected chi connectivity index (χ2v) is 4.80. The van der Waals surface area contributed by atoms with Gasteiger partial charge in [0.25, 0.3) is 0 Å². The second kappa shape index (κ2) is 8.04. The molecule has 0 bridgehead atoms. The van der Waals surface area contributed by atoms with Crippen LogP contribution >= 0.6 is 0 Å². The fourth-order valence-corrected chi connectivity index (χ4v) is 1.72. The largest absolute Gasteiger partial charge is 0.394 e. The van der Waals surface area contributed by atoms with Crippen molar-refractivity contribution in [3.63, 3.8) is 0 Å². The molecule has 0 heterocycles. The summed E-state index contributed by atoms with van der Waals surface area (Å²) in [5, 5.41) is 8.58. The van der Waals surface area contributed by atoms with Crippen LogP contribution in [0.4, 0.5) is 0 Å². The van der Waals surface area contributed by atoms with E-state index in [0.29, 0.717) is 26.3 Å². The summed E-state index contributed by atoms with van der Waals surface area (Å²) in [6.07, 6.45) is 0. The van der Waals surface area contributed by atoms with Crippen LogP contribution in [0.3, 0.4) is 0 Å². The molecule has 0 aliphatic carbocycles. The van der Waals surface area contributed by atoms with Crippen LogP contribution in [0.15, 0.2) is 18.2 Å². The molecule has 0 aliphatic rings. The van der Waals surface area contributed by atoms with Crippen LogP contribution in [0.1, 0.15) is 21.5 Å². The normalized spacial score (nSPS) is 11.0. The number of hydrogen-bond acceptors (Lipinski definition) is 4. The van der Waals surface area contributed by atoms with Crippen molar-refractivity contribution in [2.45, 2.75) is 13.8 Å². The van der Waals surface area contributed by atoms with Crippen molar-refractivity contribution in [3.8, 4) is 0 Å². The van der Waals surface area contributed by atoms with Crippen LogP contribution in [0.25, 0.3) is 0 Å². The Balaban J connectivity index is 2.43. The molecule has 0 fully saturated rings. The van der Waals surface area contributed by atoms with Gasteiger partial charge in [0.2, 0.25) is 0 Å². The molecule has 0 amide bonds. The highest BCUT2D eigenvalue weighted by atomic mass is 16.5. The predicted octanol–water partition coefficient (Wildman–Crippen LogP) is 1.43. The molecule has 4 nitrogen and oxygen atoms in total. The van der Waals surface area contributed by atoms with Crippen LogP contribution in [-0.2, 0) is 4.74 Å². The molecule has 19 heavy (non-hydrogen) atoms. The van der Waals surface area contributed by atoms with E-state index < -0.39 is 0 Å². The third-order valence-electron chi connectivity index (χ3n) is 3.10. The van der Waals surface area contributed by atoms with Gasteiger partial charge in [-0.2, -0.15) is 0 Å². The van der Waals surface area contributed by atoms with E-state index in [-0.39, 0.29) is 12.4 Å². The SMILES string of the molecule is Cc1ccc(C(=O)CN(C)CCOCCO)cc1C. The minimum atomic E-state index is 0.0330. The minimum Gasteiger partial charge on any atom is -0.394 e. The van der Waals surface area contributed by atoms with Gasteiger partial charge in [0, 0.05) is 12.1 Å². The topological polar surface area (TPSA) is 49.8 Å². The maximum absolute atomic E-state index is 12.1. The Hall–Kier alpha value is -1.23. The van der Waals surface area contributed by atoms with Crippen LogP contribution in [0.5, 0.6) is 0 Å². The van der Waals surface area contributed by atoms with Gasteiger partial charge < -0.3 is 9.84 Å². The van der Waals surface area contributed by atoms with Gasteiger partial charge in [0.1, 0.15) is 0 Å². The number of benzene rings is 1. The number of carbonyl (C=O) groups excluding carboxylic acids is 1. The summed E-state index contributed by atoms with van der Waals surface area (Å²) < 4.78 is 5.17. The maximum atomic E-state index is 12.1. The Labute approximate surface area is 115 Å². The summed E-state index contributed by atoms with van der Waals surface area (Å²) in [4.78, 5) is 14.0. The molecule has 4 heteroatoms. The molecule has 0 aliphatic heterocycles. The molecule has 0 radical (unpaired) electrons. The van der Waals surface area contributed by atoms with Crippen molar-refractivity contribution in [2.75, 3.05) is 40.0 Å². The van der Waals surface area contributed by atoms with Gasteiger partial charge in [-0.05, 0) is 38.1 Å². The Bertz CT molecular complexity index is 418. The number of aliphatic hydroxyl groups is 1. The third kappa shape index (κ3) is 5.51. The number of likely N-dealkylation sites (N-methyl/N-ethyl adjacent to an activating group) is 1. The molecule has 106 valence electrons. The first-order chi connectivity index (χ1) is 9.04. The smallest absolute Gasteiger partial charge is 0.176 e. The van der Waals surface area contributed by atoms with E-state index >= 15 is 0 Å². The summed E-state index contributed by atoms with van der Waals surface area (Å²) in [6.45, 7) is 6.01. The van der Waals surface area contributed by atoms with E-state index in [4.69, 9.17) is 9.84 Å². The average Bonchev–Trinajstić information content (AvgIpc) is 2.38. The van der Waals surface area contributed by atoms with Gasteiger partial charge in [-0.15, -0.1) is 0 Å². The quantitative estimate of drug-likeness (QED) is 0.570. The summed E-state index contributed by atoms with van der Waals surface area (Å²) in [7, 11) is 1.89. The first-order valence-corrected chi connectivity index (χ1v) is 6.52. The predicted molar refractivity (Wildman–Crippen MR) is 75.6 cm³/mol. The van der Waals surface area contributed by atoms with Gasteiger partial charge in [-0.25, -0.2) is 0 Å². The zero-order chi connectivity index (χ0) is 14.3. The Morgan fingerprint density at radius 3 is 2.63 bits per heavy atom. The molecule has 1 aromatic rings. The lowest BCUT2D eigenvalue weighted by molar-refractivity contribution is 0.0739. The minimum absolute atomic E-state index is 0.0330. The number of nitrogens with zero attached hydrogens (tertiary/aromatic N) is 1. The average molecular weight is 265 g/mol. The Morgan fingerprint density at radius 2 is 2.00 bits per heavy atom. The molecular weight excluding hydrogens is 242 g/mol. The number of Topliss-reactive ketones (excluding diaryl/α,β-unsaturated/α-hetero) is 1. The van der Waals surface area contributed by atoms with E-state index in [1.807, 2.05) is 44.0 Å². The number of aryl methyl sites for hydroxylation is 2. The van der Waals surface area contributed by atoms with E-state index in [9.17, 15) is 4.79 Å². The van der Waals surface area contributed by atoms with Crippen LogP contribution in [0, 0.1) is 13.8 Å². The fourth-order valence-electron chi connectivity index (χ4n) is 1.72. The van der Waals surface area contributed by atoms with E-state index in [1.165, 1.54) is 5.56 Å². The van der Waals surface area contributed by atoms with Crippen molar-refractivity contribution in [2.24, 2.45) is 0 Å². The lowest BCUT2D eigenvalue weighted by atomic mass is 10.0. The van der Waals surface area contributed by atoms with Gasteiger partial charge in [-0.1, -0.05) is 12.1 Å². The standard InChI is InChI=1S/C15H23NO3/c1-12-4-5-14(10-13(12)2)15(18)11-16(3)6-8-19-9-7-17/h4-5,10,17H,6-9,11H2,1-3H3. The van der Waals surface area contributed by atoms with E-state index in [1.54, 1.807) is 0 Å². The molecule has 0 aromatic heterocycles. The molecule has 0 spiro atoms. The summed E-state index contributed by atoms with van der Waals surface area (Å²) in [5.74, 6) is 0.118. The Kier molecular flexibility index (Phi) is 6.70. The molecule has 1 aromatic carbocycles. The van der Waals surface area contributed by atoms with Crippen molar-refractivity contribution in [1.29, 1.82) is 0 Å². The maximum Gasteiger partial charge on any atom is 0.176 e. The second-order valence-electron chi connectivity index (χ2n) is 4.80. The lowest BCUT2D eigenvalue weighted by Gasteiger charge is -2.16. The van der Waals surface area contributed by atoms with Gasteiger partial charge in [0.05, 0.1) is 26.4 Å². The van der Waals surface area contributed by atoms with Gasteiger partial charge in [0.15, 0.2) is 5.78 Å². The monoisotopic (exact) mass is 265 g/mol. The molecule has 1 N–H and O–H groups in total. The fraction of sp³-hybridized carbons (Fsp3) is 0.533. The van der Waals surface area contributed by atoms with Gasteiger partial charge in [-0.3, -0.25) is 9.69 Å². The third-order valence-corrected chi connectivity index (χ3v) is 3.10. The number of ether oxygens (including phenoxy) is 1. The first-order valence-electron chi connectivity index (χ1n) is 6.52. The van der Waals surface area contributed by atoms with Crippen molar-refractivity contribution in [3.05, 3.63) is 34.9 Å². The van der Waals surface area contributed by atoms with Crippen LogP contribution in [0.2, 0.25) is 0 Å². The molecule has 1 rings (SSSR count). The number of rotatable bonds is 8. The molecule has 0 atom stereocenters. The molecule has 0 saturated heterocycles. The van der Waals surface area contributed by atoms with E-state index in [2.05, 4.69) is 0 Å². The summed E-state index contributed by atoms with van der Waals surface area (Å²) >= 11 is 0. The van der Waals surface area contributed by atoms with E-state index in [0.717, 1.165) is 11.1 Å². The number of ketones is 1. The highest BCUT2D eigenvalue weighted by Gasteiger charge is 2.10. The van der Waals surface area contributed by atoms with Crippen LogP contribution in [-0.4, -0.2) is 55.7 Å². The highest BCUT2D eigenvalue weighted by Crippen LogP contribution is 2.10. The van der Waals surface area contributed by atoms with Crippen molar-refractivity contribution >= 4 is 5.78 Å². The molecule has 0 saturated carbocycles. The Morgan fingerprint density at radius 1 is 1.26 bits per heavy atom. The highest BCUT2D eigenvalue weighted by molar-refractivity contribution is 5.97. The summed E-state index contributed by atoms with van der Waals surface area (Å²) in [6, 6.07) is 5.79. The van der Waals surface area contributed by atoms with Gasteiger partial charge >= 0.3 is 0 Å². The zero-order valence-electron chi connectivity index (χ0n) is 12.0. The molecular formula is C15H23NO3. The lowest BCUT2D eigenvalue weighted by Crippen LogP contribution is -2.29. The van der Waals surface area contributed by atoms with Crippen molar-refractivity contribution in [1.82, 2.24) is 4.90 Å². The van der Waals surface area contributed by atoms with Crippen molar-refractivity contribution < 1.29 is 14.6 Å². The summed E-state index contributed by atoms with van der Waals surface area (Å²) in [5.41, 5.74) is 3.09. The zero-order valence-corrected chi connectivity index (χ0v) is 12.0. The van der Waals surface area contributed by atoms with Crippen LogP contribution < -0.4 is 0 Å².